The summed E-state index contributed by atoms with van der Waals surface area (Å²) in [5.74, 6) is 0.630. The summed E-state index contributed by atoms with van der Waals surface area (Å²) in [5.41, 5.74) is 3.30. The Bertz CT molecular complexity index is 1090. The molecule has 1 aromatic carbocycles. The number of hydrogen-bond acceptors (Lipinski definition) is 5. The molecule has 1 unspecified atom stereocenters. The standard InChI is InChI=1S/C24H28N4O3.BrH/c1-6-16-9-7-15-12-28(22(25)20(15)26-16)13-18(29)14-8-10-19-17(11-14)27(5)23(30)21(31-19)24(2,3)4;/h7-11,21,25H,6,12-13H2,1-5H3;1H. The molecule has 2 aliphatic heterocycles. The first-order valence-electron chi connectivity index (χ1n) is 10.5. The summed E-state index contributed by atoms with van der Waals surface area (Å²) in [6.45, 7) is 8.50. The lowest BCUT2D eigenvalue weighted by Crippen LogP contribution is -2.50. The monoisotopic (exact) mass is 500 g/mol. The van der Waals surface area contributed by atoms with Gasteiger partial charge in [0.2, 0.25) is 0 Å². The fraction of sp³-hybridized carbons (Fsp3) is 0.417. The van der Waals surface area contributed by atoms with Gasteiger partial charge >= 0.3 is 0 Å². The zero-order chi connectivity index (χ0) is 22.5. The van der Waals surface area contributed by atoms with Crippen LogP contribution in [-0.2, 0) is 17.8 Å². The van der Waals surface area contributed by atoms with Crippen LogP contribution < -0.4 is 9.64 Å². The highest BCUT2D eigenvalue weighted by Gasteiger charge is 2.40. The van der Waals surface area contributed by atoms with E-state index >= 15 is 0 Å². The molecule has 1 atom stereocenters. The maximum atomic E-state index is 13.0. The smallest absolute Gasteiger partial charge is 0.268 e. The molecule has 7 nitrogen and oxygen atoms in total. The average molecular weight is 501 g/mol. The molecule has 170 valence electrons. The first-order valence-corrected chi connectivity index (χ1v) is 10.5. The van der Waals surface area contributed by atoms with E-state index in [1.165, 1.54) is 0 Å². The van der Waals surface area contributed by atoms with E-state index in [0.717, 1.165) is 17.7 Å². The van der Waals surface area contributed by atoms with E-state index < -0.39 is 6.10 Å². The molecule has 0 radical (unpaired) electrons. The van der Waals surface area contributed by atoms with Crippen LogP contribution in [0.2, 0.25) is 0 Å². The summed E-state index contributed by atoms with van der Waals surface area (Å²) in [6, 6.07) is 9.14. The number of Topliss-reactive ketones (excluding diaryl/α,β-unsaturated/α-hetero) is 1. The second kappa shape index (κ2) is 8.65. The minimum atomic E-state index is -0.573. The molecule has 0 spiro atoms. The average Bonchev–Trinajstić information content (AvgIpc) is 3.04. The first kappa shape index (κ1) is 23.9. The predicted molar refractivity (Wildman–Crippen MR) is 129 cm³/mol. The number of ether oxygens (including phenoxy) is 1. The number of amides is 1. The van der Waals surface area contributed by atoms with Gasteiger partial charge in [-0.25, -0.2) is 4.98 Å². The molecule has 4 rings (SSSR count). The van der Waals surface area contributed by atoms with Crippen molar-refractivity contribution in [1.29, 1.82) is 5.41 Å². The van der Waals surface area contributed by atoms with Crippen LogP contribution in [-0.4, -0.2) is 47.1 Å². The molecule has 1 N–H and O–H groups in total. The van der Waals surface area contributed by atoms with Crippen molar-refractivity contribution in [2.24, 2.45) is 5.41 Å². The van der Waals surface area contributed by atoms with Crippen molar-refractivity contribution < 1.29 is 14.3 Å². The van der Waals surface area contributed by atoms with Crippen LogP contribution in [0.25, 0.3) is 0 Å². The third kappa shape index (κ3) is 4.16. The number of pyridine rings is 1. The van der Waals surface area contributed by atoms with E-state index in [0.29, 0.717) is 29.2 Å². The minimum Gasteiger partial charge on any atom is -0.478 e. The SMILES string of the molecule is Br.CCc1ccc2c(n1)C(=N)N(CC(=O)c1ccc3c(c1)N(C)C(=O)C(C(C)(C)C)O3)C2. The van der Waals surface area contributed by atoms with Crippen molar-refractivity contribution in [2.75, 3.05) is 18.5 Å². The van der Waals surface area contributed by atoms with Gasteiger partial charge < -0.3 is 14.5 Å². The Hall–Kier alpha value is -2.74. The molecule has 0 saturated heterocycles. The van der Waals surface area contributed by atoms with Gasteiger partial charge in [0.05, 0.1) is 12.2 Å². The maximum absolute atomic E-state index is 13.0. The quantitative estimate of drug-likeness (QED) is 0.640. The van der Waals surface area contributed by atoms with Gasteiger partial charge in [0.25, 0.3) is 5.91 Å². The lowest BCUT2D eigenvalue weighted by molar-refractivity contribution is -0.130. The zero-order valence-corrected chi connectivity index (χ0v) is 20.8. The molecule has 0 bridgehead atoms. The van der Waals surface area contributed by atoms with Gasteiger partial charge in [0.1, 0.15) is 17.3 Å². The van der Waals surface area contributed by atoms with Crippen LogP contribution in [0.15, 0.2) is 30.3 Å². The predicted octanol–water partition coefficient (Wildman–Crippen LogP) is 4.02. The number of aromatic nitrogens is 1. The number of hydrogen-bond donors (Lipinski definition) is 1. The van der Waals surface area contributed by atoms with Crippen molar-refractivity contribution in [3.05, 3.63) is 52.8 Å². The molecule has 32 heavy (non-hydrogen) atoms. The van der Waals surface area contributed by atoms with Crippen LogP contribution in [0.4, 0.5) is 5.69 Å². The number of carbonyl (C=O) groups is 2. The highest BCUT2D eigenvalue weighted by atomic mass is 79.9. The third-order valence-corrected chi connectivity index (χ3v) is 5.86. The van der Waals surface area contributed by atoms with Gasteiger partial charge in [-0.3, -0.25) is 15.0 Å². The van der Waals surface area contributed by atoms with Crippen LogP contribution in [0.5, 0.6) is 5.75 Å². The Balaban J connectivity index is 0.00000289. The number of carbonyl (C=O) groups excluding carboxylic acids is 2. The molecule has 0 saturated carbocycles. The Morgan fingerprint density at radius 1 is 1.25 bits per heavy atom. The van der Waals surface area contributed by atoms with E-state index in [1.54, 1.807) is 35.0 Å². The molecule has 0 fully saturated rings. The van der Waals surface area contributed by atoms with Gasteiger partial charge in [-0.1, -0.05) is 33.8 Å². The molecule has 8 heteroatoms. The van der Waals surface area contributed by atoms with Gasteiger partial charge in [-0.15, -0.1) is 17.0 Å². The van der Waals surface area contributed by atoms with Crippen molar-refractivity contribution in [1.82, 2.24) is 9.88 Å². The Labute approximate surface area is 199 Å². The molecular formula is C24H29BrN4O3. The number of anilines is 1. The number of likely N-dealkylation sites (N-methyl/N-ethyl adjacent to an activating group) is 1. The van der Waals surface area contributed by atoms with E-state index in [-0.39, 0.29) is 46.5 Å². The van der Waals surface area contributed by atoms with Crippen LogP contribution in [0.3, 0.4) is 0 Å². The van der Waals surface area contributed by atoms with E-state index in [9.17, 15) is 9.59 Å². The summed E-state index contributed by atoms with van der Waals surface area (Å²) < 4.78 is 5.97. The molecule has 2 aliphatic rings. The molecular weight excluding hydrogens is 472 g/mol. The number of nitrogens with one attached hydrogen (secondary N) is 1. The van der Waals surface area contributed by atoms with Gasteiger partial charge in [-0.05, 0) is 30.7 Å². The molecule has 1 amide bonds. The normalized spacial score (nSPS) is 17.5. The number of benzene rings is 1. The van der Waals surface area contributed by atoms with Crippen LogP contribution in [0, 0.1) is 10.8 Å². The van der Waals surface area contributed by atoms with Crippen molar-refractivity contribution >= 4 is 40.2 Å². The van der Waals surface area contributed by atoms with Crippen molar-refractivity contribution in [2.45, 2.75) is 46.8 Å². The topological polar surface area (TPSA) is 86.6 Å². The second-order valence-electron chi connectivity index (χ2n) is 9.24. The Morgan fingerprint density at radius 3 is 2.62 bits per heavy atom. The van der Waals surface area contributed by atoms with Gasteiger partial charge in [0, 0.05) is 35.8 Å². The molecule has 3 heterocycles. The van der Waals surface area contributed by atoms with Crippen molar-refractivity contribution in [3.8, 4) is 5.75 Å². The Kier molecular flexibility index (Phi) is 6.47. The summed E-state index contributed by atoms with van der Waals surface area (Å²) in [6.07, 6.45) is 0.231. The molecule has 0 aliphatic carbocycles. The molecule has 2 aromatic rings. The maximum Gasteiger partial charge on any atom is 0.268 e. The number of rotatable bonds is 4. The first-order chi connectivity index (χ1) is 14.6. The fourth-order valence-electron chi connectivity index (χ4n) is 3.96. The number of nitrogens with zero attached hydrogens (tertiary/aromatic N) is 3. The van der Waals surface area contributed by atoms with Crippen LogP contribution >= 0.6 is 17.0 Å². The third-order valence-electron chi connectivity index (χ3n) is 5.86. The minimum absolute atomic E-state index is 0. The zero-order valence-electron chi connectivity index (χ0n) is 19.1. The Morgan fingerprint density at radius 2 is 1.97 bits per heavy atom. The van der Waals surface area contributed by atoms with Gasteiger partial charge in [0.15, 0.2) is 11.9 Å². The summed E-state index contributed by atoms with van der Waals surface area (Å²) in [4.78, 5) is 33.7. The van der Waals surface area contributed by atoms with E-state index in [4.69, 9.17) is 10.1 Å². The van der Waals surface area contributed by atoms with E-state index in [2.05, 4.69) is 4.98 Å². The van der Waals surface area contributed by atoms with Crippen LogP contribution in [0.1, 0.15) is 55.0 Å². The fourth-order valence-corrected chi connectivity index (χ4v) is 3.96. The number of halogens is 1. The summed E-state index contributed by atoms with van der Waals surface area (Å²) in [7, 11) is 1.71. The molecule has 1 aromatic heterocycles. The van der Waals surface area contributed by atoms with Gasteiger partial charge in [-0.2, -0.15) is 0 Å². The number of ketones is 1. The summed E-state index contributed by atoms with van der Waals surface area (Å²) >= 11 is 0. The number of fused-ring (bicyclic) bond motifs is 2. The van der Waals surface area contributed by atoms with E-state index in [1.807, 2.05) is 39.8 Å². The lowest BCUT2D eigenvalue weighted by atomic mass is 9.87. The largest absolute Gasteiger partial charge is 0.478 e. The lowest BCUT2D eigenvalue weighted by Gasteiger charge is -2.38. The highest BCUT2D eigenvalue weighted by molar-refractivity contribution is 8.93. The number of aryl methyl sites for hydroxylation is 1. The summed E-state index contributed by atoms with van der Waals surface area (Å²) in [5, 5.41) is 8.44. The highest BCUT2D eigenvalue weighted by Crippen LogP contribution is 2.38. The second-order valence-corrected chi connectivity index (χ2v) is 9.24. The number of amidine groups is 1. The van der Waals surface area contributed by atoms with Crippen molar-refractivity contribution in [3.63, 3.8) is 0 Å².